The molecule has 4 heteroatoms. The van der Waals surface area contributed by atoms with Crippen LogP contribution in [0.4, 0.5) is 5.82 Å². The summed E-state index contributed by atoms with van der Waals surface area (Å²) in [5.41, 5.74) is 5.99. The number of nitrogens with two attached hydrogens (primary N) is 1. The van der Waals surface area contributed by atoms with Crippen molar-refractivity contribution in [2.24, 2.45) is 0 Å². The quantitative estimate of drug-likeness (QED) is 0.566. The molecular formula is C6H6N2O2. The Bertz CT molecular complexity index is 361. The molecule has 4 nitrogen and oxygen atoms in total. The van der Waals surface area contributed by atoms with E-state index in [1.54, 1.807) is 10.6 Å². The minimum Gasteiger partial charge on any atom is -0.504 e. The smallest absolute Gasteiger partial charge is 0.208 e. The van der Waals surface area contributed by atoms with Gasteiger partial charge in [-0.05, 0) is 0 Å². The van der Waals surface area contributed by atoms with Gasteiger partial charge >= 0.3 is 0 Å². The first-order valence-electron chi connectivity index (χ1n) is 2.82. The summed E-state index contributed by atoms with van der Waals surface area (Å²) in [5.74, 6) is 0.364. The number of aromatic hydroxyl groups is 1. The van der Waals surface area contributed by atoms with E-state index in [0.29, 0.717) is 11.5 Å². The van der Waals surface area contributed by atoms with Crippen molar-refractivity contribution in [2.75, 3.05) is 5.73 Å². The minimum atomic E-state index is 0.0550. The molecular weight excluding hydrogens is 132 g/mol. The molecule has 10 heavy (non-hydrogen) atoms. The lowest BCUT2D eigenvalue weighted by molar-refractivity contribution is 0.478. The number of nitrogens with zero attached hydrogens (tertiary/aromatic N) is 1. The van der Waals surface area contributed by atoms with Crippen LogP contribution in [0.25, 0.3) is 5.71 Å². The molecule has 2 rings (SSSR count). The highest BCUT2D eigenvalue weighted by atomic mass is 16.3. The second-order valence-corrected chi connectivity index (χ2v) is 2.03. The van der Waals surface area contributed by atoms with Gasteiger partial charge in [0.05, 0.1) is 0 Å². The summed E-state index contributed by atoms with van der Waals surface area (Å²) >= 11 is 0. The Morgan fingerprint density at radius 2 is 2.40 bits per heavy atom. The fourth-order valence-corrected chi connectivity index (χ4v) is 0.908. The Morgan fingerprint density at radius 3 is 3.10 bits per heavy atom. The largest absolute Gasteiger partial charge is 0.504 e. The summed E-state index contributed by atoms with van der Waals surface area (Å²) in [7, 11) is 0. The van der Waals surface area contributed by atoms with E-state index in [9.17, 15) is 0 Å². The Hall–Kier alpha value is -1.58. The maximum Gasteiger partial charge on any atom is 0.208 e. The Morgan fingerprint density at radius 1 is 1.60 bits per heavy atom. The summed E-state index contributed by atoms with van der Waals surface area (Å²) in [6.07, 6.45) is 3.15. The van der Waals surface area contributed by atoms with Crippen LogP contribution >= 0.6 is 0 Å². The normalized spacial score (nSPS) is 10.8. The minimum absolute atomic E-state index is 0.0550. The molecule has 0 unspecified atom stereocenters. The molecule has 0 fully saturated rings. The van der Waals surface area contributed by atoms with E-state index >= 15 is 0 Å². The van der Waals surface area contributed by atoms with Crippen molar-refractivity contribution in [1.82, 2.24) is 4.40 Å². The van der Waals surface area contributed by atoms with E-state index in [-0.39, 0.29) is 5.75 Å². The lowest BCUT2D eigenvalue weighted by Gasteiger charge is -1.87. The van der Waals surface area contributed by atoms with Crippen molar-refractivity contribution in [3.05, 3.63) is 18.5 Å². The molecule has 0 bridgehead atoms. The average molecular weight is 138 g/mol. The van der Waals surface area contributed by atoms with E-state index in [2.05, 4.69) is 0 Å². The van der Waals surface area contributed by atoms with Crippen molar-refractivity contribution in [1.29, 1.82) is 0 Å². The Labute approximate surface area is 56.5 Å². The molecule has 0 saturated carbocycles. The molecule has 0 aliphatic rings. The molecule has 0 atom stereocenters. The number of oxazole rings is 1. The number of anilines is 1. The molecule has 2 aromatic heterocycles. The van der Waals surface area contributed by atoms with E-state index in [1.165, 1.54) is 12.3 Å². The van der Waals surface area contributed by atoms with Crippen molar-refractivity contribution >= 4 is 11.5 Å². The highest BCUT2D eigenvalue weighted by Crippen LogP contribution is 2.24. The van der Waals surface area contributed by atoms with Gasteiger partial charge in [-0.3, -0.25) is 4.40 Å². The van der Waals surface area contributed by atoms with Crippen LogP contribution in [0.3, 0.4) is 0 Å². The highest BCUT2D eigenvalue weighted by Gasteiger charge is 2.05. The second kappa shape index (κ2) is 1.47. The van der Waals surface area contributed by atoms with Gasteiger partial charge in [0.2, 0.25) is 5.71 Å². The SMILES string of the molecule is Nc1c(O)cc2occn12. The van der Waals surface area contributed by atoms with Gasteiger partial charge in [-0.2, -0.15) is 0 Å². The zero-order valence-electron chi connectivity index (χ0n) is 5.11. The number of aromatic nitrogens is 1. The molecule has 52 valence electrons. The topological polar surface area (TPSA) is 63.8 Å². The zero-order chi connectivity index (χ0) is 7.14. The fourth-order valence-electron chi connectivity index (χ4n) is 0.908. The standard InChI is InChI=1S/C6H6N2O2/c7-6-4(9)3-5-8(6)1-2-10-5/h1-3,9H,7H2. The molecule has 0 saturated heterocycles. The van der Waals surface area contributed by atoms with E-state index in [1.807, 2.05) is 0 Å². The first-order valence-corrected chi connectivity index (χ1v) is 2.82. The van der Waals surface area contributed by atoms with Gasteiger partial charge in [0.25, 0.3) is 0 Å². The molecule has 0 aliphatic heterocycles. The number of rotatable bonds is 0. The molecule has 0 aromatic carbocycles. The Balaban J connectivity index is 2.95. The van der Waals surface area contributed by atoms with Crippen LogP contribution in [0.5, 0.6) is 5.75 Å². The average Bonchev–Trinajstić information content (AvgIpc) is 2.41. The fraction of sp³-hybridized carbons (Fsp3) is 0. The lowest BCUT2D eigenvalue weighted by Crippen LogP contribution is -1.88. The summed E-state index contributed by atoms with van der Waals surface area (Å²) in [6.45, 7) is 0. The molecule has 0 aliphatic carbocycles. The van der Waals surface area contributed by atoms with E-state index in [4.69, 9.17) is 15.3 Å². The third-order valence-electron chi connectivity index (χ3n) is 1.42. The van der Waals surface area contributed by atoms with Crippen LogP contribution in [0.1, 0.15) is 0 Å². The number of hydrogen-bond acceptors (Lipinski definition) is 3. The third kappa shape index (κ3) is 0.452. The van der Waals surface area contributed by atoms with Crippen LogP contribution in [0.2, 0.25) is 0 Å². The van der Waals surface area contributed by atoms with Crippen molar-refractivity contribution in [2.45, 2.75) is 0 Å². The van der Waals surface area contributed by atoms with Gasteiger partial charge < -0.3 is 15.3 Å². The van der Waals surface area contributed by atoms with Gasteiger partial charge in [-0.1, -0.05) is 0 Å². The number of nitrogen functional groups attached to an aromatic ring is 1. The lowest BCUT2D eigenvalue weighted by atomic mass is 10.5. The monoisotopic (exact) mass is 138 g/mol. The van der Waals surface area contributed by atoms with Gasteiger partial charge in [0.1, 0.15) is 6.26 Å². The highest BCUT2D eigenvalue weighted by molar-refractivity contribution is 5.59. The van der Waals surface area contributed by atoms with Gasteiger partial charge in [-0.25, -0.2) is 0 Å². The van der Waals surface area contributed by atoms with Crippen LogP contribution in [0.15, 0.2) is 22.9 Å². The number of hydrogen-bond donors (Lipinski definition) is 2. The molecule has 0 radical (unpaired) electrons. The van der Waals surface area contributed by atoms with Gasteiger partial charge in [-0.15, -0.1) is 0 Å². The second-order valence-electron chi connectivity index (χ2n) is 2.03. The first-order chi connectivity index (χ1) is 4.79. The van der Waals surface area contributed by atoms with Crippen LogP contribution in [-0.4, -0.2) is 9.51 Å². The van der Waals surface area contributed by atoms with Gasteiger partial charge in [0.15, 0.2) is 11.6 Å². The van der Waals surface area contributed by atoms with Crippen molar-refractivity contribution in [3.63, 3.8) is 0 Å². The zero-order valence-corrected chi connectivity index (χ0v) is 5.11. The van der Waals surface area contributed by atoms with Crippen LogP contribution in [-0.2, 0) is 0 Å². The van der Waals surface area contributed by atoms with Crippen molar-refractivity contribution < 1.29 is 9.52 Å². The van der Waals surface area contributed by atoms with Crippen molar-refractivity contribution in [3.8, 4) is 5.75 Å². The van der Waals surface area contributed by atoms with E-state index < -0.39 is 0 Å². The molecule has 0 spiro atoms. The summed E-state index contributed by atoms with van der Waals surface area (Å²) in [6, 6.07) is 1.47. The molecule has 2 aromatic rings. The molecule has 0 amide bonds. The first kappa shape index (κ1) is 5.22. The number of fused-ring (bicyclic) bond motifs is 1. The van der Waals surface area contributed by atoms with Crippen LogP contribution in [0, 0.1) is 0 Å². The Kier molecular flexibility index (Phi) is 0.768. The summed E-state index contributed by atoms with van der Waals surface area (Å²) in [5, 5.41) is 9.03. The molecule has 3 N–H and O–H groups in total. The van der Waals surface area contributed by atoms with Gasteiger partial charge in [0, 0.05) is 12.3 Å². The van der Waals surface area contributed by atoms with Crippen LogP contribution < -0.4 is 5.73 Å². The maximum atomic E-state index is 9.03. The van der Waals surface area contributed by atoms with E-state index in [0.717, 1.165) is 0 Å². The predicted octanol–water partition coefficient (Wildman–Crippen LogP) is 0.820. The summed E-state index contributed by atoms with van der Waals surface area (Å²) < 4.78 is 6.51. The maximum absolute atomic E-state index is 9.03. The summed E-state index contributed by atoms with van der Waals surface area (Å²) in [4.78, 5) is 0. The molecule has 2 heterocycles. The third-order valence-corrected chi connectivity index (χ3v) is 1.42. The predicted molar refractivity (Wildman–Crippen MR) is 35.7 cm³/mol.